The molecule has 1 aliphatic carbocycles. The molecule has 0 aromatic heterocycles. The molecule has 7 nitrogen and oxygen atoms in total. The number of nitrogens with zero attached hydrogens (tertiary/aromatic N) is 2. The third-order valence-corrected chi connectivity index (χ3v) is 11.2. The van der Waals surface area contributed by atoms with E-state index in [4.69, 9.17) is 34.8 Å². The third-order valence-electron chi connectivity index (χ3n) is 8.58. The first-order chi connectivity index (χ1) is 23.0. The molecule has 0 aliphatic heterocycles. The lowest BCUT2D eigenvalue weighted by atomic mass is 9.94. The normalized spacial score (nSPS) is 14.2. The molecule has 0 unspecified atom stereocenters. The van der Waals surface area contributed by atoms with Crippen molar-refractivity contribution in [2.24, 2.45) is 0 Å². The fraction of sp³-hybridized carbons (Fsp3) is 0.297. The lowest BCUT2D eigenvalue weighted by molar-refractivity contribution is -0.140. The summed E-state index contributed by atoms with van der Waals surface area (Å²) in [6.07, 6.45) is 5.10. The fourth-order valence-corrected chi connectivity index (χ4v) is 7.91. The maximum absolute atomic E-state index is 14.7. The summed E-state index contributed by atoms with van der Waals surface area (Å²) in [6, 6.07) is 26.1. The van der Waals surface area contributed by atoms with Crippen molar-refractivity contribution in [1.29, 1.82) is 0 Å². The van der Waals surface area contributed by atoms with E-state index >= 15 is 0 Å². The molecule has 252 valence electrons. The number of anilines is 1. The summed E-state index contributed by atoms with van der Waals surface area (Å²) < 4.78 is 29.5. The minimum absolute atomic E-state index is 0.00469. The van der Waals surface area contributed by atoms with Crippen molar-refractivity contribution in [3.8, 4) is 0 Å². The lowest BCUT2D eigenvalue weighted by Gasteiger charge is -2.35. The zero-order valence-corrected chi connectivity index (χ0v) is 29.7. The van der Waals surface area contributed by atoms with Crippen LogP contribution < -0.4 is 9.62 Å². The van der Waals surface area contributed by atoms with Crippen molar-refractivity contribution in [1.82, 2.24) is 10.2 Å². The molecule has 2 amide bonds. The smallest absolute Gasteiger partial charge is 0.264 e. The number of amides is 2. The van der Waals surface area contributed by atoms with E-state index in [-0.39, 0.29) is 29.8 Å². The van der Waals surface area contributed by atoms with Gasteiger partial charge in [-0.15, -0.1) is 0 Å². The van der Waals surface area contributed by atoms with Crippen LogP contribution in [-0.2, 0) is 32.6 Å². The zero-order chi connectivity index (χ0) is 34.3. The third kappa shape index (κ3) is 9.11. The van der Waals surface area contributed by atoms with Crippen LogP contribution in [0, 0.1) is 6.92 Å². The summed E-state index contributed by atoms with van der Waals surface area (Å²) in [7, 11) is -4.24. The summed E-state index contributed by atoms with van der Waals surface area (Å²) in [4.78, 5) is 30.3. The molecular formula is C37H38Cl3N3O4S. The second-order valence-electron chi connectivity index (χ2n) is 12.1. The minimum atomic E-state index is -4.24. The average Bonchev–Trinajstić information content (AvgIpc) is 3.07. The molecule has 1 aliphatic rings. The van der Waals surface area contributed by atoms with Gasteiger partial charge in [0.1, 0.15) is 12.6 Å². The lowest BCUT2D eigenvalue weighted by Crippen LogP contribution is -2.55. The van der Waals surface area contributed by atoms with Crippen LogP contribution >= 0.6 is 34.8 Å². The SMILES string of the molecule is Cc1ccc(N(CC(=O)N(Cc2ccc(Cl)cc2Cl)[C@H](Cc2ccccc2)C(=O)NC2CCCCC2)S(=O)(=O)c2ccc(Cl)cc2)cc1. The van der Waals surface area contributed by atoms with Gasteiger partial charge in [-0.1, -0.05) is 108 Å². The van der Waals surface area contributed by atoms with Gasteiger partial charge in [-0.05, 0) is 79.4 Å². The van der Waals surface area contributed by atoms with Gasteiger partial charge < -0.3 is 10.2 Å². The standard InChI is InChI=1S/C37H38Cl3N3O4S/c1-26-12-18-32(19-13-26)43(48(46,47)33-20-16-29(38)17-21-33)25-36(44)42(24-28-14-15-30(39)23-34(28)40)35(22-27-8-4-2-5-9-27)37(45)41-31-10-6-3-7-11-31/h2,4-5,8-9,12-21,23,31,35H,3,6-7,10-11,22,24-25H2,1H3,(H,41,45)/t35-/m1/s1. The van der Waals surface area contributed by atoms with Crippen molar-refractivity contribution >= 4 is 62.3 Å². The van der Waals surface area contributed by atoms with Gasteiger partial charge in [0.05, 0.1) is 10.6 Å². The number of nitrogens with one attached hydrogen (secondary N) is 1. The quantitative estimate of drug-likeness (QED) is 0.159. The molecule has 11 heteroatoms. The Kier molecular flexibility index (Phi) is 12.1. The number of aryl methyl sites for hydroxylation is 1. The predicted octanol–water partition coefficient (Wildman–Crippen LogP) is 8.24. The first-order valence-corrected chi connectivity index (χ1v) is 18.5. The number of benzene rings is 4. The Morgan fingerprint density at radius 2 is 1.48 bits per heavy atom. The Labute approximate surface area is 297 Å². The Morgan fingerprint density at radius 3 is 2.12 bits per heavy atom. The molecular weight excluding hydrogens is 689 g/mol. The highest BCUT2D eigenvalue weighted by molar-refractivity contribution is 7.92. The largest absolute Gasteiger partial charge is 0.352 e. The van der Waals surface area contributed by atoms with Gasteiger partial charge in [0, 0.05) is 34.1 Å². The van der Waals surface area contributed by atoms with E-state index in [1.54, 1.807) is 42.5 Å². The van der Waals surface area contributed by atoms with E-state index in [2.05, 4.69) is 5.32 Å². The number of hydrogen-bond acceptors (Lipinski definition) is 4. The number of carbonyl (C=O) groups is 2. The molecule has 0 heterocycles. The molecule has 0 spiro atoms. The van der Waals surface area contributed by atoms with Gasteiger partial charge in [-0.25, -0.2) is 8.42 Å². The van der Waals surface area contributed by atoms with Crippen LogP contribution in [0.3, 0.4) is 0 Å². The first kappa shape index (κ1) is 35.7. The molecule has 4 aromatic carbocycles. The van der Waals surface area contributed by atoms with E-state index in [0.717, 1.165) is 47.5 Å². The van der Waals surface area contributed by atoms with E-state index in [9.17, 15) is 18.0 Å². The summed E-state index contributed by atoms with van der Waals surface area (Å²) in [5, 5.41) is 4.34. The van der Waals surface area contributed by atoms with Gasteiger partial charge in [0.2, 0.25) is 11.8 Å². The molecule has 5 rings (SSSR count). The monoisotopic (exact) mass is 725 g/mol. The van der Waals surface area contributed by atoms with Crippen LogP contribution in [0.2, 0.25) is 15.1 Å². The second-order valence-corrected chi connectivity index (χ2v) is 15.2. The Balaban J connectivity index is 1.57. The average molecular weight is 727 g/mol. The summed E-state index contributed by atoms with van der Waals surface area (Å²) in [5.74, 6) is -0.870. The van der Waals surface area contributed by atoms with Gasteiger partial charge in [0.25, 0.3) is 10.0 Å². The summed E-state index contributed by atoms with van der Waals surface area (Å²) in [5.41, 5.74) is 2.65. The number of sulfonamides is 1. The topological polar surface area (TPSA) is 86.8 Å². The van der Waals surface area contributed by atoms with Crippen LogP contribution in [0.5, 0.6) is 0 Å². The van der Waals surface area contributed by atoms with Crippen molar-refractivity contribution in [3.63, 3.8) is 0 Å². The van der Waals surface area contributed by atoms with E-state index < -0.39 is 28.5 Å². The van der Waals surface area contributed by atoms with Gasteiger partial charge >= 0.3 is 0 Å². The van der Waals surface area contributed by atoms with E-state index in [1.807, 2.05) is 37.3 Å². The Morgan fingerprint density at radius 1 is 0.833 bits per heavy atom. The molecule has 1 saturated carbocycles. The summed E-state index contributed by atoms with van der Waals surface area (Å²) in [6.45, 7) is 1.28. The maximum Gasteiger partial charge on any atom is 0.264 e. The number of rotatable bonds is 12. The van der Waals surface area contributed by atoms with Gasteiger partial charge in [-0.2, -0.15) is 0 Å². The molecule has 1 N–H and O–H groups in total. The van der Waals surface area contributed by atoms with Crippen LogP contribution in [0.1, 0.15) is 48.8 Å². The molecule has 0 saturated heterocycles. The van der Waals surface area contributed by atoms with Gasteiger partial charge in [-0.3, -0.25) is 13.9 Å². The minimum Gasteiger partial charge on any atom is -0.352 e. The van der Waals surface area contributed by atoms with Crippen molar-refractivity contribution < 1.29 is 18.0 Å². The van der Waals surface area contributed by atoms with E-state index in [0.29, 0.717) is 26.3 Å². The summed E-state index contributed by atoms with van der Waals surface area (Å²) >= 11 is 18.9. The molecule has 1 fully saturated rings. The van der Waals surface area contributed by atoms with Crippen molar-refractivity contribution in [3.05, 3.63) is 129 Å². The number of halogens is 3. The second kappa shape index (κ2) is 16.2. The highest BCUT2D eigenvalue weighted by atomic mass is 35.5. The van der Waals surface area contributed by atoms with Crippen LogP contribution in [0.4, 0.5) is 5.69 Å². The fourth-order valence-electron chi connectivity index (χ4n) is 5.91. The van der Waals surface area contributed by atoms with Crippen LogP contribution in [0.15, 0.2) is 102 Å². The molecule has 0 radical (unpaired) electrons. The molecule has 1 atom stereocenters. The predicted molar refractivity (Wildman–Crippen MR) is 193 cm³/mol. The zero-order valence-electron chi connectivity index (χ0n) is 26.6. The maximum atomic E-state index is 14.7. The van der Waals surface area contributed by atoms with E-state index in [1.165, 1.54) is 29.2 Å². The van der Waals surface area contributed by atoms with Crippen LogP contribution in [0.25, 0.3) is 0 Å². The highest BCUT2D eigenvalue weighted by Crippen LogP contribution is 2.28. The van der Waals surface area contributed by atoms with Gasteiger partial charge in [0.15, 0.2) is 0 Å². The van der Waals surface area contributed by atoms with Crippen molar-refractivity contribution in [2.75, 3.05) is 10.8 Å². The first-order valence-electron chi connectivity index (χ1n) is 15.9. The Bertz CT molecular complexity index is 1820. The van der Waals surface area contributed by atoms with Crippen LogP contribution in [-0.4, -0.2) is 43.8 Å². The van der Waals surface area contributed by atoms with Crippen molar-refractivity contribution in [2.45, 2.75) is 69.0 Å². The number of carbonyl (C=O) groups excluding carboxylic acids is 2. The molecule has 4 aromatic rings. The molecule has 0 bridgehead atoms. The molecule has 48 heavy (non-hydrogen) atoms. The number of hydrogen-bond donors (Lipinski definition) is 1. The highest BCUT2D eigenvalue weighted by Gasteiger charge is 2.35. The Hall–Kier alpha value is -3.56.